The summed E-state index contributed by atoms with van der Waals surface area (Å²) in [5.74, 6) is -0.660. The maximum Gasteiger partial charge on any atom is 0.337 e. The van der Waals surface area contributed by atoms with Crippen LogP contribution in [-0.4, -0.2) is 35.7 Å². The Bertz CT molecular complexity index is 622. The molecule has 0 atom stereocenters. The van der Waals surface area contributed by atoms with E-state index in [-0.39, 0.29) is 11.1 Å². The van der Waals surface area contributed by atoms with Gasteiger partial charge >= 0.3 is 5.97 Å². The third kappa shape index (κ3) is 3.57. The number of unbranched alkanes of at least 4 members (excludes halogenated alkanes) is 1. The Morgan fingerprint density at radius 3 is 2.55 bits per heavy atom. The van der Waals surface area contributed by atoms with Gasteiger partial charge in [-0.1, -0.05) is 25.5 Å². The van der Waals surface area contributed by atoms with Gasteiger partial charge in [-0.15, -0.1) is 0 Å². The van der Waals surface area contributed by atoms with Crippen molar-refractivity contribution in [3.05, 3.63) is 40.3 Å². The molecule has 1 aromatic carbocycles. The van der Waals surface area contributed by atoms with Gasteiger partial charge in [-0.2, -0.15) is 0 Å². The number of thioether (sulfide) groups is 1. The lowest BCUT2D eigenvalue weighted by atomic mass is 10.1. The van der Waals surface area contributed by atoms with Crippen LogP contribution in [0.1, 0.15) is 35.7 Å². The lowest BCUT2D eigenvalue weighted by molar-refractivity contribution is -0.122. The highest BCUT2D eigenvalue weighted by molar-refractivity contribution is 8.18. The van der Waals surface area contributed by atoms with Crippen LogP contribution in [0.15, 0.2) is 29.2 Å². The zero-order valence-corrected chi connectivity index (χ0v) is 13.3. The number of amides is 2. The summed E-state index contributed by atoms with van der Waals surface area (Å²) in [6.07, 6.45) is 3.40. The molecule has 0 radical (unpaired) electrons. The number of benzene rings is 1. The minimum atomic E-state index is -0.411. The molecule has 116 valence electrons. The number of esters is 1. The Labute approximate surface area is 133 Å². The van der Waals surface area contributed by atoms with Gasteiger partial charge in [0.1, 0.15) is 0 Å². The van der Waals surface area contributed by atoms with Gasteiger partial charge in [-0.25, -0.2) is 4.79 Å². The lowest BCUT2D eigenvalue weighted by Crippen LogP contribution is -2.29. The van der Waals surface area contributed by atoms with Crippen molar-refractivity contribution in [1.29, 1.82) is 0 Å². The zero-order chi connectivity index (χ0) is 16.1. The average Bonchev–Trinajstić information content (AvgIpc) is 2.79. The first-order valence-electron chi connectivity index (χ1n) is 7.00. The molecule has 2 amide bonds. The van der Waals surface area contributed by atoms with Crippen LogP contribution in [0.4, 0.5) is 4.79 Å². The van der Waals surface area contributed by atoms with E-state index >= 15 is 0 Å². The Morgan fingerprint density at radius 1 is 1.27 bits per heavy atom. The highest BCUT2D eigenvalue weighted by Gasteiger charge is 2.34. The minimum absolute atomic E-state index is 0.226. The van der Waals surface area contributed by atoms with Gasteiger partial charge in [0, 0.05) is 6.54 Å². The van der Waals surface area contributed by atoms with E-state index in [0.717, 1.165) is 30.2 Å². The Kier molecular flexibility index (Phi) is 5.38. The maximum atomic E-state index is 12.2. The SMILES string of the molecule is CCCCN1C(=O)SC(=Cc2ccc(C(=O)OC)cc2)C1=O. The normalized spacial score (nSPS) is 16.5. The van der Waals surface area contributed by atoms with Gasteiger partial charge in [0.2, 0.25) is 0 Å². The Morgan fingerprint density at radius 2 is 1.95 bits per heavy atom. The fraction of sp³-hybridized carbons (Fsp3) is 0.312. The van der Waals surface area contributed by atoms with Gasteiger partial charge in [-0.05, 0) is 42.0 Å². The van der Waals surface area contributed by atoms with Crippen molar-refractivity contribution < 1.29 is 19.1 Å². The molecule has 0 aromatic heterocycles. The van der Waals surface area contributed by atoms with E-state index in [1.807, 2.05) is 6.92 Å². The topological polar surface area (TPSA) is 63.7 Å². The molecule has 1 saturated heterocycles. The molecule has 2 rings (SSSR count). The summed E-state index contributed by atoms with van der Waals surface area (Å²) in [6, 6.07) is 6.68. The second-order valence-electron chi connectivity index (χ2n) is 4.80. The van der Waals surface area contributed by atoms with Crippen LogP contribution < -0.4 is 0 Å². The maximum absolute atomic E-state index is 12.2. The number of rotatable bonds is 5. The van der Waals surface area contributed by atoms with Crippen LogP contribution in [0.2, 0.25) is 0 Å². The van der Waals surface area contributed by atoms with Gasteiger partial charge in [0.25, 0.3) is 11.1 Å². The molecule has 0 saturated carbocycles. The Balaban J connectivity index is 2.14. The molecule has 1 aliphatic heterocycles. The summed E-state index contributed by atoms with van der Waals surface area (Å²) in [5, 5.41) is -0.226. The fourth-order valence-electron chi connectivity index (χ4n) is 1.99. The monoisotopic (exact) mass is 319 g/mol. The number of carbonyl (C=O) groups is 3. The van der Waals surface area contributed by atoms with Crippen LogP contribution in [0.5, 0.6) is 0 Å². The standard InChI is InChI=1S/C16H17NO4S/c1-3-4-9-17-14(18)13(22-16(17)20)10-11-5-7-12(8-6-11)15(19)21-2/h5-8,10H,3-4,9H2,1-2H3. The van der Waals surface area contributed by atoms with E-state index in [2.05, 4.69) is 4.74 Å². The highest BCUT2D eigenvalue weighted by atomic mass is 32.2. The van der Waals surface area contributed by atoms with E-state index in [4.69, 9.17) is 0 Å². The van der Waals surface area contributed by atoms with Gasteiger partial charge in [-0.3, -0.25) is 14.5 Å². The van der Waals surface area contributed by atoms with E-state index in [1.54, 1.807) is 30.3 Å². The first-order valence-corrected chi connectivity index (χ1v) is 7.82. The van der Waals surface area contributed by atoms with E-state index in [9.17, 15) is 14.4 Å². The third-order valence-corrected chi connectivity index (χ3v) is 4.15. The number of nitrogens with zero attached hydrogens (tertiary/aromatic N) is 1. The molecule has 0 unspecified atom stereocenters. The predicted molar refractivity (Wildman–Crippen MR) is 85.4 cm³/mol. The molecule has 1 fully saturated rings. The first kappa shape index (κ1) is 16.3. The fourth-order valence-corrected chi connectivity index (χ4v) is 2.86. The number of carbonyl (C=O) groups excluding carboxylic acids is 3. The molecular formula is C16H17NO4S. The van der Waals surface area contributed by atoms with Gasteiger partial charge in [0.15, 0.2) is 0 Å². The molecule has 6 heteroatoms. The summed E-state index contributed by atoms with van der Waals surface area (Å²) in [6.45, 7) is 2.47. The van der Waals surface area contributed by atoms with Crippen molar-refractivity contribution in [2.24, 2.45) is 0 Å². The largest absolute Gasteiger partial charge is 0.465 e. The summed E-state index contributed by atoms with van der Waals surface area (Å²) < 4.78 is 4.63. The highest BCUT2D eigenvalue weighted by Crippen LogP contribution is 2.32. The third-order valence-electron chi connectivity index (χ3n) is 3.24. The second kappa shape index (κ2) is 7.26. The smallest absolute Gasteiger partial charge is 0.337 e. The second-order valence-corrected chi connectivity index (χ2v) is 5.79. The van der Waals surface area contributed by atoms with Crippen molar-refractivity contribution in [1.82, 2.24) is 4.90 Å². The molecule has 0 spiro atoms. The Hall–Kier alpha value is -2.08. The van der Waals surface area contributed by atoms with Crippen LogP contribution in [0.25, 0.3) is 6.08 Å². The number of imide groups is 1. The molecule has 1 heterocycles. The molecule has 0 aliphatic carbocycles. The summed E-state index contributed by atoms with van der Waals surface area (Å²) in [5.41, 5.74) is 1.20. The van der Waals surface area contributed by atoms with Crippen molar-refractivity contribution in [3.63, 3.8) is 0 Å². The quantitative estimate of drug-likeness (QED) is 0.615. The van der Waals surface area contributed by atoms with Crippen molar-refractivity contribution in [2.75, 3.05) is 13.7 Å². The number of ether oxygens (including phenoxy) is 1. The van der Waals surface area contributed by atoms with E-state index in [0.29, 0.717) is 17.0 Å². The summed E-state index contributed by atoms with van der Waals surface area (Å²) in [4.78, 5) is 37.1. The van der Waals surface area contributed by atoms with E-state index < -0.39 is 5.97 Å². The predicted octanol–water partition coefficient (Wildman–Crippen LogP) is 3.31. The van der Waals surface area contributed by atoms with Crippen molar-refractivity contribution >= 4 is 35.0 Å². The van der Waals surface area contributed by atoms with Crippen LogP contribution in [0.3, 0.4) is 0 Å². The molecule has 0 N–H and O–H groups in total. The van der Waals surface area contributed by atoms with Crippen LogP contribution in [0, 0.1) is 0 Å². The molecule has 22 heavy (non-hydrogen) atoms. The van der Waals surface area contributed by atoms with Gasteiger partial charge < -0.3 is 4.74 Å². The first-order chi connectivity index (χ1) is 10.6. The van der Waals surface area contributed by atoms with Gasteiger partial charge in [0.05, 0.1) is 17.6 Å². The molecule has 0 bridgehead atoms. The average molecular weight is 319 g/mol. The number of hydrogen-bond donors (Lipinski definition) is 0. The summed E-state index contributed by atoms with van der Waals surface area (Å²) in [7, 11) is 1.32. The lowest BCUT2D eigenvalue weighted by Gasteiger charge is -2.10. The molecule has 1 aliphatic rings. The molecule has 5 nitrogen and oxygen atoms in total. The van der Waals surface area contributed by atoms with Crippen molar-refractivity contribution in [3.8, 4) is 0 Å². The van der Waals surface area contributed by atoms with Crippen LogP contribution in [-0.2, 0) is 9.53 Å². The molecule has 1 aromatic rings. The zero-order valence-electron chi connectivity index (χ0n) is 12.5. The number of methoxy groups -OCH3 is 1. The van der Waals surface area contributed by atoms with Crippen LogP contribution >= 0.6 is 11.8 Å². The molecular weight excluding hydrogens is 302 g/mol. The minimum Gasteiger partial charge on any atom is -0.465 e. The van der Waals surface area contributed by atoms with Crippen molar-refractivity contribution in [2.45, 2.75) is 19.8 Å². The van der Waals surface area contributed by atoms with E-state index in [1.165, 1.54) is 12.0 Å². The summed E-state index contributed by atoms with van der Waals surface area (Å²) >= 11 is 0.949. The number of hydrogen-bond acceptors (Lipinski definition) is 5.